The molecule has 2 rings (SSSR count). The van der Waals surface area contributed by atoms with E-state index in [9.17, 15) is 9.90 Å². The van der Waals surface area contributed by atoms with Crippen LogP contribution in [0.5, 0.6) is 5.75 Å². The first kappa shape index (κ1) is 15.6. The third-order valence-electron chi connectivity index (χ3n) is 3.61. The molecule has 6 heteroatoms. The molecule has 2 N–H and O–H groups in total. The summed E-state index contributed by atoms with van der Waals surface area (Å²) in [6, 6.07) is 7.31. The number of hydrogen-bond acceptors (Lipinski definition) is 5. The van der Waals surface area contributed by atoms with Crippen LogP contribution in [0.3, 0.4) is 0 Å². The van der Waals surface area contributed by atoms with Crippen molar-refractivity contribution in [2.45, 2.75) is 0 Å². The van der Waals surface area contributed by atoms with Crippen LogP contribution in [0, 0.1) is 0 Å². The zero-order valence-corrected chi connectivity index (χ0v) is 12.4. The molecule has 0 radical (unpaired) electrons. The van der Waals surface area contributed by atoms with Crippen LogP contribution in [0.15, 0.2) is 24.3 Å². The number of hydrogen-bond donors (Lipinski definition) is 2. The summed E-state index contributed by atoms with van der Waals surface area (Å²) < 4.78 is 4.93. The topological polar surface area (TPSA) is 65.0 Å². The normalized spacial score (nSPS) is 15.3. The van der Waals surface area contributed by atoms with Crippen LogP contribution in [0.25, 0.3) is 0 Å². The molecule has 1 saturated heterocycles. The third kappa shape index (κ3) is 4.34. The van der Waals surface area contributed by atoms with Gasteiger partial charge in [-0.25, -0.2) is 0 Å². The van der Waals surface area contributed by atoms with E-state index in [2.05, 4.69) is 10.2 Å². The molecule has 1 heterocycles. The average Bonchev–Trinajstić information content (AvgIpc) is 2.52. The summed E-state index contributed by atoms with van der Waals surface area (Å²) >= 11 is 0. The second kappa shape index (κ2) is 7.85. The molecule has 6 nitrogen and oxygen atoms in total. The Balaban J connectivity index is 1.78. The zero-order chi connectivity index (χ0) is 15.1. The van der Waals surface area contributed by atoms with Gasteiger partial charge in [0.2, 0.25) is 5.91 Å². The molecule has 0 aromatic heterocycles. The number of methoxy groups -OCH3 is 1. The number of piperazine rings is 1. The van der Waals surface area contributed by atoms with E-state index in [4.69, 9.17) is 4.74 Å². The van der Waals surface area contributed by atoms with Crippen LogP contribution < -0.4 is 10.2 Å². The molecular formula is C15H23N3O3. The molecule has 1 aliphatic rings. The van der Waals surface area contributed by atoms with Gasteiger partial charge in [0.25, 0.3) is 0 Å². The first-order chi connectivity index (χ1) is 10.2. The number of nitrogens with one attached hydrogen (secondary N) is 1. The van der Waals surface area contributed by atoms with Gasteiger partial charge in [0.1, 0.15) is 5.75 Å². The molecule has 1 aromatic carbocycles. The molecule has 1 fully saturated rings. The molecule has 0 atom stereocenters. The Hall–Kier alpha value is -1.79. The lowest BCUT2D eigenvalue weighted by Gasteiger charge is -2.36. The Labute approximate surface area is 125 Å². The largest absolute Gasteiger partial charge is 0.506 e. The third-order valence-corrected chi connectivity index (χ3v) is 3.61. The molecule has 1 aromatic rings. The van der Waals surface area contributed by atoms with Gasteiger partial charge in [-0.2, -0.15) is 0 Å². The fourth-order valence-electron chi connectivity index (χ4n) is 2.41. The van der Waals surface area contributed by atoms with Crippen molar-refractivity contribution < 1.29 is 14.6 Å². The van der Waals surface area contributed by atoms with Crippen molar-refractivity contribution in [1.82, 2.24) is 10.2 Å². The number of aromatic hydroxyl groups is 1. The predicted molar refractivity (Wildman–Crippen MR) is 81.6 cm³/mol. The number of ether oxygens (including phenoxy) is 1. The summed E-state index contributed by atoms with van der Waals surface area (Å²) in [5.41, 5.74) is 0.836. The number of phenols is 1. The Morgan fingerprint density at radius 1 is 1.29 bits per heavy atom. The van der Waals surface area contributed by atoms with E-state index < -0.39 is 0 Å². The SMILES string of the molecule is COCCNCC(=O)N1CCN(c2ccccc2O)CC1. The fourth-order valence-corrected chi connectivity index (χ4v) is 2.41. The van der Waals surface area contributed by atoms with E-state index in [-0.39, 0.29) is 5.91 Å². The minimum atomic E-state index is 0.114. The van der Waals surface area contributed by atoms with Gasteiger partial charge in [0, 0.05) is 39.8 Å². The molecule has 0 aliphatic carbocycles. The number of carbonyl (C=O) groups is 1. The van der Waals surface area contributed by atoms with Gasteiger partial charge in [-0.1, -0.05) is 12.1 Å². The quantitative estimate of drug-likeness (QED) is 0.738. The van der Waals surface area contributed by atoms with Gasteiger partial charge in [-0.15, -0.1) is 0 Å². The average molecular weight is 293 g/mol. The zero-order valence-electron chi connectivity index (χ0n) is 12.4. The van der Waals surface area contributed by atoms with E-state index in [1.54, 1.807) is 13.2 Å². The minimum Gasteiger partial charge on any atom is -0.506 e. The van der Waals surface area contributed by atoms with E-state index in [0.29, 0.717) is 38.5 Å². The van der Waals surface area contributed by atoms with Crippen LogP contribution in [-0.2, 0) is 9.53 Å². The van der Waals surface area contributed by atoms with Crippen molar-refractivity contribution in [1.29, 1.82) is 0 Å². The lowest BCUT2D eigenvalue weighted by molar-refractivity contribution is -0.130. The number of benzene rings is 1. The number of carbonyl (C=O) groups excluding carboxylic acids is 1. The number of phenolic OH excluding ortho intramolecular Hbond substituents is 1. The summed E-state index contributed by atoms with van der Waals surface area (Å²) in [7, 11) is 1.64. The highest BCUT2D eigenvalue weighted by Crippen LogP contribution is 2.27. The Kier molecular flexibility index (Phi) is 5.83. The number of nitrogens with zero attached hydrogens (tertiary/aromatic N) is 2. The van der Waals surface area contributed by atoms with Crippen molar-refractivity contribution in [3.05, 3.63) is 24.3 Å². The Morgan fingerprint density at radius 3 is 2.67 bits per heavy atom. The van der Waals surface area contributed by atoms with E-state index >= 15 is 0 Å². The molecule has 0 unspecified atom stereocenters. The highest BCUT2D eigenvalue weighted by atomic mass is 16.5. The molecule has 1 amide bonds. The minimum absolute atomic E-state index is 0.114. The summed E-state index contributed by atoms with van der Waals surface area (Å²) in [4.78, 5) is 16.0. The molecular weight excluding hydrogens is 270 g/mol. The first-order valence-electron chi connectivity index (χ1n) is 7.22. The summed E-state index contributed by atoms with van der Waals surface area (Å²) in [5, 5.41) is 12.9. The Bertz CT molecular complexity index is 459. The van der Waals surface area contributed by atoms with Crippen LogP contribution in [0.1, 0.15) is 0 Å². The van der Waals surface area contributed by atoms with Gasteiger partial charge in [-0.3, -0.25) is 4.79 Å². The van der Waals surface area contributed by atoms with Crippen molar-refractivity contribution in [2.24, 2.45) is 0 Å². The maximum Gasteiger partial charge on any atom is 0.236 e. The molecule has 0 bridgehead atoms. The second-order valence-corrected chi connectivity index (χ2v) is 5.03. The summed E-state index contributed by atoms with van der Waals surface area (Å²) in [6.45, 7) is 4.47. The van der Waals surface area contributed by atoms with Crippen molar-refractivity contribution in [2.75, 3.05) is 57.9 Å². The molecule has 0 saturated carbocycles. The highest BCUT2D eigenvalue weighted by Gasteiger charge is 2.21. The van der Waals surface area contributed by atoms with E-state index in [1.807, 2.05) is 23.1 Å². The van der Waals surface area contributed by atoms with Crippen LogP contribution in [0.4, 0.5) is 5.69 Å². The standard InChI is InChI=1S/C15H23N3O3/c1-21-11-6-16-12-15(20)18-9-7-17(8-10-18)13-4-2-3-5-14(13)19/h2-5,16,19H,6-12H2,1H3. The number of para-hydroxylation sites is 2. The van der Waals surface area contributed by atoms with Gasteiger partial charge < -0.3 is 25.0 Å². The lowest BCUT2D eigenvalue weighted by atomic mass is 10.2. The van der Waals surface area contributed by atoms with Crippen LogP contribution in [0.2, 0.25) is 0 Å². The van der Waals surface area contributed by atoms with E-state index in [0.717, 1.165) is 18.8 Å². The van der Waals surface area contributed by atoms with Crippen molar-refractivity contribution in [3.8, 4) is 5.75 Å². The van der Waals surface area contributed by atoms with Gasteiger partial charge >= 0.3 is 0 Å². The smallest absolute Gasteiger partial charge is 0.236 e. The maximum atomic E-state index is 12.0. The first-order valence-corrected chi connectivity index (χ1v) is 7.22. The van der Waals surface area contributed by atoms with Crippen LogP contribution in [-0.4, -0.2) is 68.9 Å². The van der Waals surface area contributed by atoms with Crippen molar-refractivity contribution >= 4 is 11.6 Å². The van der Waals surface area contributed by atoms with E-state index in [1.165, 1.54) is 0 Å². The maximum absolute atomic E-state index is 12.0. The van der Waals surface area contributed by atoms with Gasteiger partial charge in [0.15, 0.2) is 0 Å². The molecule has 0 spiro atoms. The van der Waals surface area contributed by atoms with Gasteiger partial charge in [0.05, 0.1) is 18.8 Å². The molecule has 21 heavy (non-hydrogen) atoms. The summed E-state index contributed by atoms with van der Waals surface area (Å²) in [6.07, 6.45) is 0. The van der Waals surface area contributed by atoms with Crippen LogP contribution >= 0.6 is 0 Å². The number of rotatable bonds is 6. The van der Waals surface area contributed by atoms with Crippen molar-refractivity contribution in [3.63, 3.8) is 0 Å². The number of anilines is 1. The second-order valence-electron chi connectivity index (χ2n) is 5.03. The van der Waals surface area contributed by atoms with Gasteiger partial charge in [-0.05, 0) is 12.1 Å². The summed E-state index contributed by atoms with van der Waals surface area (Å²) in [5.74, 6) is 0.404. The highest BCUT2D eigenvalue weighted by molar-refractivity contribution is 5.78. The lowest BCUT2D eigenvalue weighted by Crippen LogP contribution is -2.51. The fraction of sp³-hybridized carbons (Fsp3) is 0.533. The predicted octanol–water partition coefficient (Wildman–Crippen LogP) is 0.277. The molecule has 116 valence electrons. The molecule has 1 aliphatic heterocycles. The number of amides is 1. The monoisotopic (exact) mass is 293 g/mol. The Morgan fingerprint density at radius 2 is 2.00 bits per heavy atom.